The second-order valence-electron chi connectivity index (χ2n) is 6.17. The van der Waals surface area contributed by atoms with Crippen molar-refractivity contribution in [1.29, 1.82) is 0 Å². The summed E-state index contributed by atoms with van der Waals surface area (Å²) < 4.78 is 0. The van der Waals surface area contributed by atoms with E-state index in [0.29, 0.717) is 32.1 Å². The Morgan fingerprint density at radius 2 is 1.85 bits per heavy atom. The van der Waals surface area contributed by atoms with E-state index >= 15 is 0 Å². The first-order chi connectivity index (χ1) is 9.40. The van der Waals surface area contributed by atoms with Crippen LogP contribution in [0.4, 0.5) is 4.79 Å². The summed E-state index contributed by atoms with van der Waals surface area (Å²) >= 11 is 0. The first kappa shape index (κ1) is 15.1. The fraction of sp³-hybridized carbons (Fsp3) is 0.857. The molecule has 0 aromatic heterocycles. The quantitative estimate of drug-likeness (QED) is 0.828. The van der Waals surface area contributed by atoms with Crippen LogP contribution in [0.2, 0.25) is 0 Å². The molecule has 0 aromatic carbocycles. The molecule has 1 heterocycles. The lowest BCUT2D eigenvalue weighted by Crippen LogP contribution is -2.55. The second kappa shape index (κ2) is 5.99. The van der Waals surface area contributed by atoms with Crippen LogP contribution in [0.15, 0.2) is 0 Å². The first-order valence-electron chi connectivity index (χ1n) is 7.37. The summed E-state index contributed by atoms with van der Waals surface area (Å²) in [6, 6.07) is -0.399. The summed E-state index contributed by atoms with van der Waals surface area (Å²) in [5.41, 5.74) is 0. The second-order valence-corrected chi connectivity index (χ2v) is 6.17. The van der Waals surface area contributed by atoms with Gasteiger partial charge in [-0.1, -0.05) is 6.92 Å². The van der Waals surface area contributed by atoms with Crippen LogP contribution in [0.5, 0.6) is 0 Å². The molecule has 0 radical (unpaired) electrons. The number of carboxylic acids is 1. The Kier molecular flexibility index (Phi) is 4.52. The van der Waals surface area contributed by atoms with Gasteiger partial charge in [0.2, 0.25) is 0 Å². The number of piperazine rings is 1. The van der Waals surface area contributed by atoms with E-state index in [9.17, 15) is 9.59 Å². The molecule has 3 unspecified atom stereocenters. The summed E-state index contributed by atoms with van der Waals surface area (Å²) in [5.74, 6) is 0.611. The van der Waals surface area contributed by atoms with Crippen LogP contribution in [-0.4, -0.2) is 77.6 Å². The smallest absolute Gasteiger partial charge is 0.320 e. The van der Waals surface area contributed by atoms with Crippen molar-refractivity contribution >= 4 is 12.0 Å². The van der Waals surface area contributed by atoms with Gasteiger partial charge in [0.15, 0.2) is 0 Å². The number of carbonyl (C=O) groups is 2. The first-order valence-corrected chi connectivity index (χ1v) is 7.37. The SMILES string of the molecule is CC1CC1CN(C)C(=O)N1CCN(C(C)C(=O)O)CC1. The van der Waals surface area contributed by atoms with Gasteiger partial charge < -0.3 is 14.9 Å². The van der Waals surface area contributed by atoms with Crippen LogP contribution in [0.1, 0.15) is 20.3 Å². The highest BCUT2D eigenvalue weighted by atomic mass is 16.4. The van der Waals surface area contributed by atoms with Gasteiger partial charge in [-0.25, -0.2) is 4.79 Å². The Bertz CT molecular complexity index is 380. The van der Waals surface area contributed by atoms with E-state index in [-0.39, 0.29) is 6.03 Å². The number of carboxylic acid groups (broad SMARTS) is 1. The molecule has 1 aliphatic heterocycles. The minimum absolute atomic E-state index is 0.0757. The van der Waals surface area contributed by atoms with E-state index in [2.05, 4.69) is 6.92 Å². The molecule has 0 spiro atoms. The average molecular weight is 283 g/mol. The van der Waals surface area contributed by atoms with Crippen LogP contribution in [0.3, 0.4) is 0 Å². The van der Waals surface area contributed by atoms with Crippen molar-refractivity contribution in [2.45, 2.75) is 26.3 Å². The van der Waals surface area contributed by atoms with Gasteiger partial charge in [0.05, 0.1) is 0 Å². The van der Waals surface area contributed by atoms with Gasteiger partial charge in [0.25, 0.3) is 0 Å². The number of hydrogen-bond donors (Lipinski definition) is 1. The summed E-state index contributed by atoms with van der Waals surface area (Å²) in [4.78, 5) is 28.8. The van der Waals surface area contributed by atoms with Crippen molar-refractivity contribution in [3.8, 4) is 0 Å². The topological polar surface area (TPSA) is 64.1 Å². The van der Waals surface area contributed by atoms with Crippen molar-refractivity contribution in [2.24, 2.45) is 11.8 Å². The molecule has 1 N–H and O–H groups in total. The Morgan fingerprint density at radius 1 is 1.30 bits per heavy atom. The normalized spacial score (nSPS) is 28.1. The highest BCUT2D eigenvalue weighted by molar-refractivity contribution is 5.75. The largest absolute Gasteiger partial charge is 0.480 e. The molecule has 0 aromatic rings. The number of hydrogen-bond acceptors (Lipinski definition) is 3. The summed E-state index contributed by atoms with van der Waals surface area (Å²) in [6.45, 7) is 7.24. The molecule has 6 nitrogen and oxygen atoms in total. The Labute approximate surface area is 120 Å². The number of nitrogens with zero attached hydrogens (tertiary/aromatic N) is 3. The molecule has 1 saturated heterocycles. The molecule has 2 amide bonds. The molecule has 3 atom stereocenters. The monoisotopic (exact) mass is 283 g/mol. The molecule has 20 heavy (non-hydrogen) atoms. The lowest BCUT2D eigenvalue weighted by molar-refractivity contribution is -0.143. The lowest BCUT2D eigenvalue weighted by Gasteiger charge is -2.38. The van der Waals surface area contributed by atoms with Crippen molar-refractivity contribution in [3.63, 3.8) is 0 Å². The van der Waals surface area contributed by atoms with Gasteiger partial charge in [-0.2, -0.15) is 0 Å². The molecule has 114 valence electrons. The van der Waals surface area contributed by atoms with Crippen LogP contribution in [0.25, 0.3) is 0 Å². The molecule has 1 aliphatic carbocycles. The third-order valence-electron chi connectivity index (χ3n) is 4.60. The minimum Gasteiger partial charge on any atom is -0.480 e. The van der Waals surface area contributed by atoms with Gasteiger partial charge in [0.1, 0.15) is 6.04 Å². The minimum atomic E-state index is -0.801. The third kappa shape index (κ3) is 3.42. The maximum atomic E-state index is 12.3. The number of aliphatic carboxylic acids is 1. The van der Waals surface area contributed by atoms with Crippen LogP contribution < -0.4 is 0 Å². The number of carbonyl (C=O) groups excluding carboxylic acids is 1. The Morgan fingerprint density at radius 3 is 2.30 bits per heavy atom. The van der Waals surface area contributed by atoms with Gasteiger partial charge in [-0.15, -0.1) is 0 Å². The molecule has 2 aliphatic rings. The van der Waals surface area contributed by atoms with Crippen LogP contribution in [-0.2, 0) is 4.79 Å². The zero-order valence-corrected chi connectivity index (χ0v) is 12.6. The zero-order chi connectivity index (χ0) is 14.9. The Balaban J connectivity index is 1.77. The third-order valence-corrected chi connectivity index (χ3v) is 4.60. The van der Waals surface area contributed by atoms with Crippen LogP contribution >= 0.6 is 0 Å². The fourth-order valence-corrected chi connectivity index (χ4v) is 2.78. The number of amides is 2. The molecular weight excluding hydrogens is 258 g/mol. The molecule has 6 heteroatoms. The molecule has 2 fully saturated rings. The highest BCUT2D eigenvalue weighted by Crippen LogP contribution is 2.38. The molecule has 0 bridgehead atoms. The van der Waals surface area contributed by atoms with Gasteiger partial charge in [0, 0.05) is 39.8 Å². The molecule has 1 saturated carbocycles. The van der Waals surface area contributed by atoms with Gasteiger partial charge >= 0.3 is 12.0 Å². The van der Waals surface area contributed by atoms with E-state index in [1.807, 2.05) is 21.7 Å². The summed E-state index contributed by atoms with van der Waals surface area (Å²) in [6.07, 6.45) is 1.22. The van der Waals surface area contributed by atoms with Gasteiger partial charge in [-0.3, -0.25) is 9.69 Å². The predicted molar refractivity (Wildman–Crippen MR) is 75.5 cm³/mol. The number of rotatable bonds is 4. The average Bonchev–Trinajstić information content (AvgIpc) is 3.12. The lowest BCUT2D eigenvalue weighted by atomic mass is 10.2. The van der Waals surface area contributed by atoms with Crippen molar-refractivity contribution in [1.82, 2.24) is 14.7 Å². The standard InChI is InChI=1S/C14H25N3O3/c1-10-8-12(10)9-15(3)14(20)17-6-4-16(5-7-17)11(2)13(18)19/h10-12H,4-9H2,1-3H3,(H,18,19). The van der Waals surface area contributed by atoms with Crippen molar-refractivity contribution in [2.75, 3.05) is 39.8 Å². The maximum absolute atomic E-state index is 12.3. The summed E-state index contributed by atoms with van der Waals surface area (Å²) in [7, 11) is 1.86. The molecule has 2 rings (SSSR count). The van der Waals surface area contributed by atoms with E-state index in [1.54, 1.807) is 6.92 Å². The van der Waals surface area contributed by atoms with Crippen molar-refractivity contribution < 1.29 is 14.7 Å². The van der Waals surface area contributed by atoms with E-state index in [1.165, 1.54) is 6.42 Å². The fourth-order valence-electron chi connectivity index (χ4n) is 2.78. The predicted octanol–water partition coefficient (Wildman–Crippen LogP) is 0.785. The van der Waals surface area contributed by atoms with Crippen molar-refractivity contribution in [3.05, 3.63) is 0 Å². The van der Waals surface area contributed by atoms with E-state index in [4.69, 9.17) is 5.11 Å². The molecular formula is C14H25N3O3. The maximum Gasteiger partial charge on any atom is 0.320 e. The van der Waals surface area contributed by atoms with E-state index in [0.717, 1.165) is 12.5 Å². The number of urea groups is 1. The highest BCUT2D eigenvalue weighted by Gasteiger charge is 2.35. The van der Waals surface area contributed by atoms with E-state index < -0.39 is 12.0 Å². The Hall–Kier alpha value is -1.30. The zero-order valence-electron chi connectivity index (χ0n) is 12.6. The summed E-state index contributed by atoms with van der Waals surface area (Å²) in [5, 5.41) is 9.00. The van der Waals surface area contributed by atoms with Gasteiger partial charge in [-0.05, 0) is 25.2 Å². The van der Waals surface area contributed by atoms with Crippen LogP contribution in [0, 0.1) is 11.8 Å².